The summed E-state index contributed by atoms with van der Waals surface area (Å²) < 4.78 is 13.4. The number of rotatable bonds is 4. The SMILES string of the molecule is O=C(O)c1cccc(CC(=O)N2CCC(c3c[nH]c4cc(F)ccc34)CC2)c1. The molecule has 2 N–H and O–H groups in total. The van der Waals surface area contributed by atoms with Crippen LogP contribution in [-0.4, -0.2) is 40.0 Å². The van der Waals surface area contributed by atoms with Gasteiger partial charge in [0.1, 0.15) is 5.82 Å². The zero-order chi connectivity index (χ0) is 19.7. The molecular formula is C22H21FN2O3. The quantitative estimate of drug-likeness (QED) is 0.720. The third-order valence-corrected chi connectivity index (χ3v) is 5.49. The lowest BCUT2D eigenvalue weighted by molar-refractivity contribution is -0.131. The van der Waals surface area contributed by atoms with Gasteiger partial charge in [-0.05, 0) is 60.2 Å². The van der Waals surface area contributed by atoms with Crippen LogP contribution in [0.3, 0.4) is 0 Å². The molecule has 0 spiro atoms. The minimum atomic E-state index is -0.992. The zero-order valence-electron chi connectivity index (χ0n) is 15.3. The van der Waals surface area contributed by atoms with Crippen molar-refractivity contribution in [3.05, 3.63) is 71.2 Å². The Morgan fingerprint density at radius 2 is 1.93 bits per heavy atom. The maximum atomic E-state index is 13.4. The Kier molecular flexibility index (Phi) is 4.86. The summed E-state index contributed by atoms with van der Waals surface area (Å²) in [7, 11) is 0. The molecule has 0 radical (unpaired) electrons. The Hall–Kier alpha value is -3.15. The molecule has 1 aromatic heterocycles. The van der Waals surface area contributed by atoms with Crippen LogP contribution in [0.1, 0.15) is 40.2 Å². The number of carboxylic acids is 1. The summed E-state index contributed by atoms with van der Waals surface area (Å²) in [4.78, 5) is 28.7. The number of fused-ring (bicyclic) bond motifs is 1. The van der Waals surface area contributed by atoms with Crippen LogP contribution in [0.25, 0.3) is 10.9 Å². The minimum Gasteiger partial charge on any atom is -0.478 e. The van der Waals surface area contributed by atoms with Gasteiger partial charge >= 0.3 is 5.97 Å². The Morgan fingerprint density at radius 3 is 2.68 bits per heavy atom. The van der Waals surface area contributed by atoms with Crippen LogP contribution < -0.4 is 0 Å². The first-order valence-electron chi connectivity index (χ1n) is 9.38. The highest BCUT2D eigenvalue weighted by molar-refractivity contribution is 5.88. The Bertz CT molecular complexity index is 1040. The van der Waals surface area contributed by atoms with E-state index in [4.69, 9.17) is 5.11 Å². The number of aromatic carboxylic acids is 1. The molecule has 0 bridgehead atoms. The van der Waals surface area contributed by atoms with Gasteiger partial charge in [0.05, 0.1) is 12.0 Å². The van der Waals surface area contributed by atoms with Crippen molar-refractivity contribution in [3.63, 3.8) is 0 Å². The summed E-state index contributed by atoms with van der Waals surface area (Å²) in [5, 5.41) is 10.1. The molecule has 1 aliphatic heterocycles. The largest absolute Gasteiger partial charge is 0.478 e. The number of H-pyrrole nitrogens is 1. The highest BCUT2D eigenvalue weighted by Gasteiger charge is 2.25. The third kappa shape index (κ3) is 3.63. The summed E-state index contributed by atoms with van der Waals surface area (Å²) in [6.45, 7) is 1.33. The molecule has 1 fully saturated rings. The van der Waals surface area contributed by atoms with Crippen LogP contribution in [0.4, 0.5) is 4.39 Å². The summed E-state index contributed by atoms with van der Waals surface area (Å²) in [6, 6.07) is 11.3. The number of carboxylic acid groups (broad SMARTS) is 1. The number of aromatic nitrogens is 1. The molecule has 1 amide bonds. The molecule has 0 atom stereocenters. The third-order valence-electron chi connectivity index (χ3n) is 5.49. The van der Waals surface area contributed by atoms with Gasteiger partial charge in [0, 0.05) is 30.2 Å². The number of aromatic amines is 1. The van der Waals surface area contributed by atoms with Crippen molar-refractivity contribution < 1.29 is 19.1 Å². The number of hydrogen-bond acceptors (Lipinski definition) is 2. The van der Waals surface area contributed by atoms with E-state index in [2.05, 4.69) is 4.98 Å². The number of carbonyl (C=O) groups is 2. The molecular weight excluding hydrogens is 359 g/mol. The first-order chi connectivity index (χ1) is 13.5. The fourth-order valence-corrected chi connectivity index (χ4v) is 4.00. The topological polar surface area (TPSA) is 73.4 Å². The Labute approximate surface area is 161 Å². The van der Waals surface area contributed by atoms with Crippen molar-refractivity contribution in [2.24, 2.45) is 0 Å². The fraction of sp³-hybridized carbons (Fsp3) is 0.273. The van der Waals surface area contributed by atoms with E-state index < -0.39 is 5.97 Å². The molecule has 2 heterocycles. The molecule has 2 aromatic carbocycles. The summed E-state index contributed by atoms with van der Waals surface area (Å²) in [6.07, 6.45) is 3.86. The van der Waals surface area contributed by atoms with Gasteiger partial charge in [0.15, 0.2) is 0 Å². The van der Waals surface area contributed by atoms with E-state index in [9.17, 15) is 14.0 Å². The zero-order valence-corrected chi connectivity index (χ0v) is 15.3. The Morgan fingerprint density at radius 1 is 1.14 bits per heavy atom. The summed E-state index contributed by atoms with van der Waals surface area (Å²) in [5.74, 6) is -0.900. The number of hydrogen-bond donors (Lipinski definition) is 2. The average molecular weight is 380 g/mol. The molecule has 28 heavy (non-hydrogen) atoms. The first kappa shape index (κ1) is 18.2. The highest BCUT2D eigenvalue weighted by atomic mass is 19.1. The van der Waals surface area contributed by atoms with E-state index in [1.807, 2.05) is 17.2 Å². The number of amides is 1. The molecule has 1 aliphatic rings. The maximum Gasteiger partial charge on any atom is 0.335 e. The maximum absolute atomic E-state index is 13.4. The predicted octanol–water partition coefficient (Wildman–Crippen LogP) is 3.95. The van der Waals surface area contributed by atoms with Gasteiger partial charge in [0.2, 0.25) is 5.91 Å². The fourth-order valence-electron chi connectivity index (χ4n) is 4.00. The van der Waals surface area contributed by atoms with Gasteiger partial charge in [-0.1, -0.05) is 12.1 Å². The van der Waals surface area contributed by atoms with Gasteiger partial charge in [0.25, 0.3) is 0 Å². The summed E-state index contributed by atoms with van der Waals surface area (Å²) in [5.41, 5.74) is 2.88. The standard InChI is InChI=1S/C22H21FN2O3/c23-17-4-5-18-19(13-24-20(18)12-17)15-6-8-25(9-7-15)21(26)11-14-2-1-3-16(10-14)22(27)28/h1-5,10,12-13,15,24H,6-9,11H2,(H,27,28). The van der Waals surface area contributed by atoms with Crippen molar-refractivity contribution in [2.45, 2.75) is 25.2 Å². The molecule has 1 saturated heterocycles. The molecule has 144 valence electrons. The van der Waals surface area contributed by atoms with Crippen LogP contribution in [0.15, 0.2) is 48.7 Å². The van der Waals surface area contributed by atoms with E-state index in [1.165, 1.54) is 23.8 Å². The van der Waals surface area contributed by atoms with Gasteiger partial charge in [-0.15, -0.1) is 0 Å². The second-order valence-corrected chi connectivity index (χ2v) is 7.27. The lowest BCUT2D eigenvalue weighted by Gasteiger charge is -2.32. The van der Waals surface area contributed by atoms with Gasteiger partial charge in [-0.2, -0.15) is 0 Å². The van der Waals surface area contributed by atoms with E-state index in [0.29, 0.717) is 24.6 Å². The van der Waals surface area contributed by atoms with Crippen molar-refractivity contribution in [3.8, 4) is 0 Å². The van der Waals surface area contributed by atoms with Gasteiger partial charge in [-0.25, -0.2) is 9.18 Å². The van der Waals surface area contributed by atoms with Crippen LogP contribution >= 0.6 is 0 Å². The van der Waals surface area contributed by atoms with Crippen molar-refractivity contribution in [1.29, 1.82) is 0 Å². The number of nitrogens with zero attached hydrogens (tertiary/aromatic N) is 1. The van der Waals surface area contributed by atoms with Crippen LogP contribution in [-0.2, 0) is 11.2 Å². The lowest BCUT2D eigenvalue weighted by atomic mass is 9.89. The molecule has 4 rings (SSSR count). The smallest absolute Gasteiger partial charge is 0.335 e. The van der Waals surface area contributed by atoms with Crippen LogP contribution in [0.5, 0.6) is 0 Å². The van der Waals surface area contributed by atoms with Crippen molar-refractivity contribution >= 4 is 22.8 Å². The van der Waals surface area contributed by atoms with Gasteiger partial charge in [-0.3, -0.25) is 4.79 Å². The van der Waals surface area contributed by atoms with E-state index >= 15 is 0 Å². The Balaban J connectivity index is 1.40. The number of halogens is 1. The van der Waals surface area contributed by atoms with Crippen LogP contribution in [0.2, 0.25) is 0 Å². The molecule has 0 saturated carbocycles. The normalized spacial score (nSPS) is 15.1. The van der Waals surface area contributed by atoms with Gasteiger partial charge < -0.3 is 15.0 Å². The predicted molar refractivity (Wildman–Crippen MR) is 104 cm³/mol. The second kappa shape index (κ2) is 7.46. The minimum absolute atomic E-state index is 0.0157. The van der Waals surface area contributed by atoms with Crippen molar-refractivity contribution in [2.75, 3.05) is 13.1 Å². The molecule has 3 aromatic rings. The van der Waals surface area contributed by atoms with Crippen molar-refractivity contribution in [1.82, 2.24) is 9.88 Å². The average Bonchev–Trinajstić information content (AvgIpc) is 3.11. The highest BCUT2D eigenvalue weighted by Crippen LogP contribution is 2.33. The molecule has 5 nitrogen and oxygen atoms in total. The number of carbonyl (C=O) groups excluding carboxylic acids is 1. The van der Waals surface area contributed by atoms with E-state index in [1.54, 1.807) is 18.2 Å². The molecule has 0 aliphatic carbocycles. The number of piperidine rings is 1. The van der Waals surface area contributed by atoms with E-state index in [-0.39, 0.29) is 23.7 Å². The lowest BCUT2D eigenvalue weighted by Crippen LogP contribution is -2.38. The first-order valence-corrected chi connectivity index (χ1v) is 9.38. The summed E-state index contributed by atoms with van der Waals surface area (Å²) >= 11 is 0. The second-order valence-electron chi connectivity index (χ2n) is 7.27. The molecule has 0 unspecified atom stereocenters. The number of benzene rings is 2. The number of nitrogens with one attached hydrogen (secondary N) is 1. The van der Waals surface area contributed by atoms with E-state index in [0.717, 1.165) is 23.7 Å². The van der Waals surface area contributed by atoms with Crippen LogP contribution in [0, 0.1) is 5.82 Å². The monoisotopic (exact) mass is 380 g/mol. The number of likely N-dealkylation sites (tertiary alicyclic amines) is 1. The molecule has 6 heteroatoms.